The third-order valence-electron chi connectivity index (χ3n) is 4.68. The number of methoxy groups -OCH3 is 1. The molecule has 0 saturated heterocycles. The van der Waals surface area contributed by atoms with Gasteiger partial charge in [0.2, 0.25) is 0 Å². The lowest BCUT2D eigenvalue weighted by Crippen LogP contribution is -2.10. The summed E-state index contributed by atoms with van der Waals surface area (Å²) in [6.07, 6.45) is 22.5. The van der Waals surface area contributed by atoms with Crippen LogP contribution in [0.15, 0.2) is 0 Å². The molecular weight excluding hydrogens is 300 g/mol. The van der Waals surface area contributed by atoms with E-state index in [0.717, 1.165) is 6.61 Å². The highest BCUT2D eigenvalue weighted by molar-refractivity contribution is 4.50. The molecule has 0 bridgehead atoms. The molecule has 0 aromatic carbocycles. The molecule has 1 unspecified atom stereocenters. The fraction of sp³-hybridized carbons (Fsp3) is 1.00. The lowest BCUT2D eigenvalue weighted by Gasteiger charge is -2.10. The predicted molar refractivity (Wildman–Crippen MR) is 106 cm³/mol. The van der Waals surface area contributed by atoms with Crippen molar-refractivity contribution in [3.63, 3.8) is 0 Å². The van der Waals surface area contributed by atoms with Gasteiger partial charge in [-0.1, -0.05) is 103 Å². The smallest absolute Gasteiger partial charge is 0.154 e. The van der Waals surface area contributed by atoms with E-state index in [2.05, 4.69) is 6.92 Å². The van der Waals surface area contributed by atoms with Crippen molar-refractivity contribution in [3.8, 4) is 0 Å². The van der Waals surface area contributed by atoms with E-state index in [1.54, 1.807) is 7.11 Å². The zero-order valence-corrected chi connectivity index (χ0v) is 16.9. The zero-order valence-electron chi connectivity index (χ0n) is 16.9. The Kier molecular flexibility index (Phi) is 24.9. The SMILES string of the molecule is CCCCCCCCCCCCCCCCCCOC(C)OC.O. The van der Waals surface area contributed by atoms with Crippen molar-refractivity contribution in [1.82, 2.24) is 0 Å². The quantitative estimate of drug-likeness (QED) is 0.200. The molecule has 0 rings (SSSR count). The van der Waals surface area contributed by atoms with Crippen LogP contribution < -0.4 is 0 Å². The van der Waals surface area contributed by atoms with Gasteiger partial charge in [0.1, 0.15) is 0 Å². The minimum atomic E-state index is -0.0497. The third kappa shape index (κ3) is 21.9. The third-order valence-corrected chi connectivity index (χ3v) is 4.68. The fourth-order valence-electron chi connectivity index (χ4n) is 2.97. The van der Waals surface area contributed by atoms with E-state index in [0.29, 0.717) is 0 Å². The van der Waals surface area contributed by atoms with E-state index in [9.17, 15) is 0 Å². The number of hydrogen-bond donors (Lipinski definition) is 0. The maximum absolute atomic E-state index is 5.49. The van der Waals surface area contributed by atoms with Gasteiger partial charge in [-0.05, 0) is 13.3 Å². The topological polar surface area (TPSA) is 50.0 Å². The highest BCUT2D eigenvalue weighted by atomic mass is 16.7. The first-order valence-corrected chi connectivity index (χ1v) is 10.5. The number of rotatable bonds is 19. The molecule has 0 heterocycles. The Labute approximate surface area is 152 Å². The van der Waals surface area contributed by atoms with Crippen LogP contribution in [0.5, 0.6) is 0 Å². The fourth-order valence-corrected chi connectivity index (χ4v) is 2.97. The highest BCUT2D eigenvalue weighted by Gasteiger charge is 1.98. The van der Waals surface area contributed by atoms with Gasteiger partial charge in [-0.15, -0.1) is 0 Å². The number of unbranched alkanes of at least 4 members (excludes halogenated alkanes) is 15. The van der Waals surface area contributed by atoms with Gasteiger partial charge in [-0.25, -0.2) is 0 Å². The summed E-state index contributed by atoms with van der Waals surface area (Å²) in [5.74, 6) is 0. The maximum atomic E-state index is 5.49. The summed E-state index contributed by atoms with van der Waals surface area (Å²) < 4.78 is 10.5. The molecule has 0 aliphatic carbocycles. The van der Waals surface area contributed by atoms with Gasteiger partial charge in [0.25, 0.3) is 0 Å². The Hall–Kier alpha value is -0.120. The monoisotopic (exact) mass is 346 g/mol. The van der Waals surface area contributed by atoms with E-state index < -0.39 is 0 Å². The standard InChI is InChI=1S/C21H44O2.H2O/c1-4-5-6-7-8-9-10-11-12-13-14-15-16-17-18-19-20-23-21(2)22-3;/h21H,4-20H2,1-3H3;1H2. The Morgan fingerprint density at radius 2 is 0.917 bits per heavy atom. The van der Waals surface area contributed by atoms with E-state index >= 15 is 0 Å². The first-order chi connectivity index (χ1) is 11.3. The normalized spacial score (nSPS) is 12.1. The van der Waals surface area contributed by atoms with Gasteiger partial charge < -0.3 is 14.9 Å². The Morgan fingerprint density at radius 3 is 1.25 bits per heavy atom. The molecule has 0 aliphatic heterocycles. The van der Waals surface area contributed by atoms with Gasteiger partial charge in [0, 0.05) is 13.7 Å². The van der Waals surface area contributed by atoms with Crippen molar-refractivity contribution in [2.24, 2.45) is 0 Å². The lowest BCUT2D eigenvalue weighted by molar-refractivity contribution is -0.111. The summed E-state index contributed by atoms with van der Waals surface area (Å²) in [5.41, 5.74) is 0. The summed E-state index contributed by atoms with van der Waals surface area (Å²) in [5, 5.41) is 0. The maximum Gasteiger partial charge on any atom is 0.154 e. The Bertz CT molecular complexity index is 209. The summed E-state index contributed by atoms with van der Waals surface area (Å²) in [7, 11) is 1.69. The zero-order chi connectivity index (χ0) is 17.0. The van der Waals surface area contributed by atoms with Crippen molar-refractivity contribution < 1.29 is 14.9 Å². The molecule has 148 valence electrons. The van der Waals surface area contributed by atoms with Crippen molar-refractivity contribution in [1.29, 1.82) is 0 Å². The van der Waals surface area contributed by atoms with E-state index in [1.165, 1.54) is 103 Å². The molecule has 0 aromatic rings. The molecule has 0 aromatic heterocycles. The van der Waals surface area contributed by atoms with E-state index in [4.69, 9.17) is 9.47 Å². The lowest BCUT2D eigenvalue weighted by atomic mass is 10.0. The van der Waals surface area contributed by atoms with Crippen LogP contribution >= 0.6 is 0 Å². The predicted octanol–water partition coefficient (Wildman–Crippen LogP) is 6.43. The average molecular weight is 347 g/mol. The number of hydrogen-bond acceptors (Lipinski definition) is 2. The molecule has 0 amide bonds. The molecule has 0 spiro atoms. The minimum Gasteiger partial charge on any atom is -0.412 e. The molecule has 1 atom stereocenters. The van der Waals surface area contributed by atoms with Crippen LogP contribution in [-0.4, -0.2) is 25.5 Å². The average Bonchev–Trinajstić information content (AvgIpc) is 2.57. The van der Waals surface area contributed by atoms with Crippen LogP contribution in [0.2, 0.25) is 0 Å². The Morgan fingerprint density at radius 1 is 0.583 bits per heavy atom. The number of ether oxygens (including phenoxy) is 2. The first-order valence-electron chi connectivity index (χ1n) is 10.5. The molecule has 0 radical (unpaired) electrons. The molecule has 0 saturated carbocycles. The summed E-state index contributed by atoms with van der Waals surface area (Å²) >= 11 is 0. The second-order valence-electron chi connectivity index (χ2n) is 6.98. The van der Waals surface area contributed by atoms with Crippen LogP contribution in [-0.2, 0) is 9.47 Å². The van der Waals surface area contributed by atoms with Gasteiger partial charge in [-0.2, -0.15) is 0 Å². The first kappa shape index (κ1) is 26.1. The van der Waals surface area contributed by atoms with Crippen molar-refractivity contribution in [3.05, 3.63) is 0 Å². The summed E-state index contributed by atoms with van der Waals surface area (Å²) in [6.45, 7) is 5.08. The van der Waals surface area contributed by atoms with Gasteiger partial charge in [0.05, 0.1) is 0 Å². The second-order valence-corrected chi connectivity index (χ2v) is 6.98. The minimum absolute atomic E-state index is 0. The van der Waals surface area contributed by atoms with E-state index in [1.807, 2.05) is 6.92 Å². The molecular formula is C21H46O3. The molecule has 2 N–H and O–H groups in total. The van der Waals surface area contributed by atoms with E-state index in [-0.39, 0.29) is 11.8 Å². The van der Waals surface area contributed by atoms with Crippen LogP contribution in [0.1, 0.15) is 117 Å². The highest BCUT2D eigenvalue weighted by Crippen LogP contribution is 2.13. The van der Waals surface area contributed by atoms with Crippen molar-refractivity contribution in [2.45, 2.75) is 123 Å². The largest absolute Gasteiger partial charge is 0.412 e. The van der Waals surface area contributed by atoms with Gasteiger partial charge in [-0.3, -0.25) is 0 Å². The van der Waals surface area contributed by atoms with Gasteiger partial charge in [0.15, 0.2) is 6.29 Å². The Balaban J connectivity index is 0. The van der Waals surface area contributed by atoms with Gasteiger partial charge >= 0.3 is 0 Å². The second kappa shape index (κ2) is 22.9. The summed E-state index contributed by atoms with van der Waals surface area (Å²) in [6, 6.07) is 0. The van der Waals surface area contributed by atoms with Crippen molar-refractivity contribution >= 4 is 0 Å². The molecule has 3 nitrogen and oxygen atoms in total. The van der Waals surface area contributed by atoms with Crippen LogP contribution in [0.25, 0.3) is 0 Å². The molecule has 0 aliphatic rings. The van der Waals surface area contributed by atoms with Crippen molar-refractivity contribution in [2.75, 3.05) is 13.7 Å². The van der Waals surface area contributed by atoms with Crippen LogP contribution in [0.3, 0.4) is 0 Å². The molecule has 24 heavy (non-hydrogen) atoms. The molecule has 0 fully saturated rings. The van der Waals surface area contributed by atoms with Crippen LogP contribution in [0, 0.1) is 0 Å². The summed E-state index contributed by atoms with van der Waals surface area (Å²) in [4.78, 5) is 0. The van der Waals surface area contributed by atoms with Crippen LogP contribution in [0.4, 0.5) is 0 Å². The molecule has 3 heteroatoms.